The van der Waals surface area contributed by atoms with Gasteiger partial charge in [-0.1, -0.05) is 35.9 Å². The lowest BCUT2D eigenvalue weighted by Crippen LogP contribution is -2.16. The Hall–Kier alpha value is -1.47. The number of halogens is 1. The van der Waals surface area contributed by atoms with Crippen LogP contribution in [0.2, 0.25) is 0 Å². The van der Waals surface area contributed by atoms with E-state index in [1.807, 2.05) is 0 Å². The summed E-state index contributed by atoms with van der Waals surface area (Å²) in [5, 5.41) is 0. The molecule has 0 amide bonds. The van der Waals surface area contributed by atoms with Crippen molar-refractivity contribution in [1.82, 2.24) is 0 Å². The zero-order valence-corrected chi connectivity index (χ0v) is 12.5. The molecule has 0 bridgehead atoms. The summed E-state index contributed by atoms with van der Waals surface area (Å²) < 4.78 is 0. The Balaban J connectivity index is 2.15. The van der Waals surface area contributed by atoms with Gasteiger partial charge in [0.25, 0.3) is 0 Å². The number of benzene rings is 2. The van der Waals surface area contributed by atoms with E-state index in [1.165, 1.54) is 27.9 Å². The maximum atomic E-state index is 5.90. The highest BCUT2D eigenvalue weighted by Crippen LogP contribution is 2.21. The Morgan fingerprint density at radius 1 is 1.05 bits per heavy atom. The molecular formula is C17H20ClN. The van der Waals surface area contributed by atoms with Gasteiger partial charge in [-0.05, 0) is 42.7 Å². The van der Waals surface area contributed by atoms with Gasteiger partial charge in [-0.25, -0.2) is 0 Å². The predicted octanol–water partition coefficient (Wildman–Crippen LogP) is 4.68. The SMILES string of the molecule is Cc1cccc(CN(C)c2ccc(CCl)c(C)c2)c1. The number of hydrogen-bond donors (Lipinski definition) is 0. The van der Waals surface area contributed by atoms with Crippen LogP contribution in [0.4, 0.5) is 5.69 Å². The first kappa shape index (κ1) is 14.0. The molecule has 0 aliphatic heterocycles. The maximum Gasteiger partial charge on any atom is 0.0476 e. The van der Waals surface area contributed by atoms with Crippen LogP contribution in [-0.2, 0) is 12.4 Å². The molecule has 0 atom stereocenters. The third kappa shape index (κ3) is 3.51. The Morgan fingerprint density at radius 2 is 1.84 bits per heavy atom. The maximum absolute atomic E-state index is 5.90. The lowest BCUT2D eigenvalue weighted by molar-refractivity contribution is 0.919. The average Bonchev–Trinajstić information content (AvgIpc) is 2.38. The molecule has 0 radical (unpaired) electrons. The zero-order chi connectivity index (χ0) is 13.8. The van der Waals surface area contributed by atoms with Gasteiger partial charge in [-0.15, -0.1) is 11.6 Å². The van der Waals surface area contributed by atoms with Crippen LogP contribution in [0.25, 0.3) is 0 Å². The third-order valence-electron chi connectivity index (χ3n) is 3.41. The van der Waals surface area contributed by atoms with Crippen molar-refractivity contribution in [2.75, 3.05) is 11.9 Å². The molecular weight excluding hydrogens is 254 g/mol. The van der Waals surface area contributed by atoms with E-state index >= 15 is 0 Å². The van der Waals surface area contributed by atoms with Crippen LogP contribution in [-0.4, -0.2) is 7.05 Å². The minimum atomic E-state index is 0.577. The molecule has 19 heavy (non-hydrogen) atoms. The molecule has 0 fully saturated rings. The summed E-state index contributed by atoms with van der Waals surface area (Å²) in [5.41, 5.74) is 6.33. The molecule has 0 saturated heterocycles. The summed E-state index contributed by atoms with van der Waals surface area (Å²) in [4.78, 5) is 2.26. The van der Waals surface area contributed by atoms with E-state index in [2.05, 4.69) is 68.3 Å². The topological polar surface area (TPSA) is 3.24 Å². The van der Waals surface area contributed by atoms with Gasteiger partial charge in [0, 0.05) is 25.2 Å². The van der Waals surface area contributed by atoms with E-state index in [9.17, 15) is 0 Å². The fraction of sp³-hybridized carbons (Fsp3) is 0.294. The highest BCUT2D eigenvalue weighted by atomic mass is 35.5. The lowest BCUT2D eigenvalue weighted by Gasteiger charge is -2.21. The van der Waals surface area contributed by atoms with Crippen LogP contribution in [0, 0.1) is 13.8 Å². The molecule has 0 unspecified atom stereocenters. The summed E-state index contributed by atoms with van der Waals surface area (Å²) >= 11 is 5.90. The van der Waals surface area contributed by atoms with Gasteiger partial charge < -0.3 is 4.90 Å². The molecule has 0 saturated carbocycles. The van der Waals surface area contributed by atoms with Crippen LogP contribution < -0.4 is 4.90 Å². The standard InChI is InChI=1S/C17H20ClN/c1-13-5-4-6-15(9-13)12-19(3)17-8-7-16(11-18)14(2)10-17/h4-10H,11-12H2,1-3H3. The monoisotopic (exact) mass is 273 g/mol. The number of rotatable bonds is 4. The van der Waals surface area contributed by atoms with Gasteiger partial charge in [-0.3, -0.25) is 0 Å². The average molecular weight is 274 g/mol. The minimum Gasteiger partial charge on any atom is -0.370 e. The van der Waals surface area contributed by atoms with Gasteiger partial charge in [0.1, 0.15) is 0 Å². The van der Waals surface area contributed by atoms with Crippen molar-refractivity contribution in [3.63, 3.8) is 0 Å². The minimum absolute atomic E-state index is 0.577. The molecule has 0 spiro atoms. The number of aryl methyl sites for hydroxylation is 2. The second-order valence-electron chi connectivity index (χ2n) is 5.09. The molecule has 100 valence electrons. The smallest absolute Gasteiger partial charge is 0.0476 e. The predicted molar refractivity (Wildman–Crippen MR) is 84.0 cm³/mol. The lowest BCUT2D eigenvalue weighted by atomic mass is 10.1. The highest BCUT2D eigenvalue weighted by Gasteiger charge is 2.05. The molecule has 2 rings (SSSR count). The Kier molecular flexibility index (Phi) is 4.49. The van der Waals surface area contributed by atoms with E-state index in [4.69, 9.17) is 11.6 Å². The van der Waals surface area contributed by atoms with Gasteiger partial charge in [0.2, 0.25) is 0 Å². The normalized spacial score (nSPS) is 10.5. The molecule has 1 nitrogen and oxygen atoms in total. The van der Waals surface area contributed by atoms with Crippen molar-refractivity contribution in [1.29, 1.82) is 0 Å². The summed E-state index contributed by atoms with van der Waals surface area (Å²) in [6.07, 6.45) is 0. The second-order valence-corrected chi connectivity index (χ2v) is 5.36. The van der Waals surface area contributed by atoms with Gasteiger partial charge >= 0.3 is 0 Å². The fourth-order valence-corrected chi connectivity index (χ4v) is 2.54. The molecule has 0 aromatic heterocycles. The second kappa shape index (κ2) is 6.12. The van der Waals surface area contributed by atoms with E-state index in [-0.39, 0.29) is 0 Å². The van der Waals surface area contributed by atoms with Crippen molar-refractivity contribution in [3.05, 3.63) is 64.7 Å². The van der Waals surface area contributed by atoms with E-state index in [0.29, 0.717) is 5.88 Å². The van der Waals surface area contributed by atoms with Crippen LogP contribution in [0.5, 0.6) is 0 Å². The van der Waals surface area contributed by atoms with E-state index in [0.717, 1.165) is 6.54 Å². The zero-order valence-electron chi connectivity index (χ0n) is 11.8. The van der Waals surface area contributed by atoms with E-state index in [1.54, 1.807) is 0 Å². The fourth-order valence-electron chi connectivity index (χ4n) is 2.24. The largest absolute Gasteiger partial charge is 0.370 e. The molecule has 2 aromatic carbocycles. The number of nitrogens with zero attached hydrogens (tertiary/aromatic N) is 1. The molecule has 0 aliphatic carbocycles. The Morgan fingerprint density at radius 3 is 2.47 bits per heavy atom. The quantitative estimate of drug-likeness (QED) is 0.731. The molecule has 0 heterocycles. The molecule has 2 aromatic rings. The van der Waals surface area contributed by atoms with Gasteiger partial charge in [-0.2, -0.15) is 0 Å². The van der Waals surface area contributed by atoms with Crippen molar-refractivity contribution in [2.45, 2.75) is 26.3 Å². The number of anilines is 1. The first-order valence-corrected chi connectivity index (χ1v) is 7.06. The van der Waals surface area contributed by atoms with Crippen LogP contribution >= 0.6 is 11.6 Å². The molecule has 0 N–H and O–H groups in total. The van der Waals surface area contributed by atoms with Gasteiger partial charge in [0.15, 0.2) is 0 Å². The van der Waals surface area contributed by atoms with E-state index < -0.39 is 0 Å². The van der Waals surface area contributed by atoms with Crippen molar-refractivity contribution < 1.29 is 0 Å². The van der Waals surface area contributed by atoms with Gasteiger partial charge in [0.05, 0.1) is 0 Å². The van der Waals surface area contributed by atoms with Crippen molar-refractivity contribution in [3.8, 4) is 0 Å². The first-order valence-electron chi connectivity index (χ1n) is 6.52. The van der Waals surface area contributed by atoms with Crippen LogP contribution in [0.3, 0.4) is 0 Å². The summed E-state index contributed by atoms with van der Waals surface area (Å²) in [7, 11) is 2.12. The molecule has 2 heteroatoms. The van der Waals surface area contributed by atoms with Crippen LogP contribution in [0.1, 0.15) is 22.3 Å². The molecule has 0 aliphatic rings. The van der Waals surface area contributed by atoms with Crippen molar-refractivity contribution >= 4 is 17.3 Å². The first-order chi connectivity index (χ1) is 9.10. The summed E-state index contributed by atoms with van der Waals surface area (Å²) in [6, 6.07) is 15.1. The van der Waals surface area contributed by atoms with Crippen LogP contribution in [0.15, 0.2) is 42.5 Å². The Labute approximate surface area is 120 Å². The van der Waals surface area contributed by atoms with Crippen molar-refractivity contribution in [2.24, 2.45) is 0 Å². The Bertz CT molecular complexity index is 563. The third-order valence-corrected chi connectivity index (χ3v) is 3.70. The summed E-state index contributed by atoms with van der Waals surface area (Å²) in [5.74, 6) is 0.577. The highest BCUT2D eigenvalue weighted by molar-refractivity contribution is 6.17. The number of hydrogen-bond acceptors (Lipinski definition) is 1. The number of alkyl halides is 1. The summed E-state index contributed by atoms with van der Waals surface area (Å²) in [6.45, 7) is 5.16.